The maximum Gasteiger partial charge on any atom is 0.407 e. The summed E-state index contributed by atoms with van der Waals surface area (Å²) >= 11 is 0. The molecule has 0 saturated carbocycles. The largest absolute Gasteiger partial charge is 0.469 e. The van der Waals surface area contributed by atoms with Crippen LogP contribution < -0.4 is 11.1 Å². The van der Waals surface area contributed by atoms with Gasteiger partial charge in [0.25, 0.3) is 0 Å². The maximum absolute atomic E-state index is 12.9. The molecule has 2 unspecified atom stereocenters. The van der Waals surface area contributed by atoms with Crippen molar-refractivity contribution in [3.8, 4) is 0 Å². The van der Waals surface area contributed by atoms with Crippen LogP contribution in [0, 0.1) is 5.95 Å². The summed E-state index contributed by atoms with van der Waals surface area (Å²) in [5.41, 5.74) is 5.89. The van der Waals surface area contributed by atoms with E-state index in [-0.39, 0.29) is 18.9 Å². The fourth-order valence-corrected chi connectivity index (χ4v) is 2.15. The van der Waals surface area contributed by atoms with Crippen molar-refractivity contribution in [2.45, 2.75) is 58.0 Å². The summed E-state index contributed by atoms with van der Waals surface area (Å²) in [7, 11) is 1.30. The molecule has 0 aliphatic rings. The van der Waals surface area contributed by atoms with E-state index in [1.165, 1.54) is 25.4 Å². The highest BCUT2D eigenvalue weighted by Crippen LogP contribution is 2.18. The van der Waals surface area contributed by atoms with E-state index in [0.29, 0.717) is 18.4 Å². The van der Waals surface area contributed by atoms with Crippen LogP contribution in [0.15, 0.2) is 18.3 Å². The van der Waals surface area contributed by atoms with Crippen molar-refractivity contribution >= 4 is 12.1 Å². The third-order valence-electron chi connectivity index (χ3n) is 3.45. The van der Waals surface area contributed by atoms with Crippen LogP contribution >= 0.6 is 0 Å². The second-order valence-corrected chi connectivity index (χ2v) is 6.93. The summed E-state index contributed by atoms with van der Waals surface area (Å²) in [4.78, 5) is 26.6. The van der Waals surface area contributed by atoms with Gasteiger partial charge in [0.05, 0.1) is 13.2 Å². The van der Waals surface area contributed by atoms with Gasteiger partial charge < -0.3 is 25.3 Å². The minimum absolute atomic E-state index is 0.141. The lowest BCUT2D eigenvalue weighted by Gasteiger charge is -2.23. The molecule has 27 heavy (non-hydrogen) atoms. The number of nitrogens with one attached hydrogen (secondary N) is 1. The van der Waals surface area contributed by atoms with Gasteiger partial charge in [-0.05, 0) is 45.7 Å². The molecule has 0 saturated heterocycles. The molecule has 1 heterocycles. The number of hydrogen-bond acceptors (Lipinski definition) is 7. The zero-order chi connectivity index (χ0) is 20.4. The predicted molar refractivity (Wildman–Crippen MR) is 96.1 cm³/mol. The topological polar surface area (TPSA) is 113 Å². The lowest BCUT2D eigenvalue weighted by atomic mass is 10.1. The first kappa shape index (κ1) is 22.8. The molecule has 8 nitrogen and oxygen atoms in total. The number of aromatic nitrogens is 1. The molecule has 9 heteroatoms. The Hall–Kier alpha value is -2.26. The highest BCUT2D eigenvalue weighted by atomic mass is 19.1. The molecule has 2 atom stereocenters. The Balaban J connectivity index is 2.59. The third-order valence-corrected chi connectivity index (χ3v) is 3.45. The van der Waals surface area contributed by atoms with Crippen LogP contribution in [0.2, 0.25) is 0 Å². The molecule has 152 valence electrons. The van der Waals surface area contributed by atoms with Crippen LogP contribution in [0.1, 0.15) is 51.8 Å². The fourth-order valence-electron chi connectivity index (χ4n) is 2.15. The van der Waals surface area contributed by atoms with Crippen molar-refractivity contribution in [2.24, 2.45) is 5.73 Å². The van der Waals surface area contributed by atoms with E-state index >= 15 is 0 Å². The Kier molecular flexibility index (Phi) is 9.10. The number of ether oxygens (including phenoxy) is 3. The maximum atomic E-state index is 12.9. The number of methoxy groups -OCH3 is 1. The number of rotatable bonds is 9. The SMILES string of the molecule is COC(=O)CCC(CCNC(=O)OC(C)(C)C)OC(N)c1ccc(F)nc1. The number of pyridine rings is 1. The Morgan fingerprint density at radius 2 is 2.00 bits per heavy atom. The Morgan fingerprint density at radius 3 is 2.56 bits per heavy atom. The van der Waals surface area contributed by atoms with Crippen LogP contribution in [-0.2, 0) is 19.0 Å². The lowest BCUT2D eigenvalue weighted by molar-refractivity contribution is -0.141. The van der Waals surface area contributed by atoms with Gasteiger partial charge in [0.1, 0.15) is 11.8 Å². The average molecular weight is 385 g/mol. The van der Waals surface area contributed by atoms with E-state index in [1.54, 1.807) is 20.8 Å². The molecule has 1 aromatic heterocycles. The van der Waals surface area contributed by atoms with Gasteiger partial charge in [-0.3, -0.25) is 4.79 Å². The molecule has 3 N–H and O–H groups in total. The monoisotopic (exact) mass is 385 g/mol. The molecule has 0 aliphatic heterocycles. The molecule has 0 aliphatic carbocycles. The van der Waals surface area contributed by atoms with E-state index in [2.05, 4.69) is 15.0 Å². The Bertz CT molecular complexity index is 604. The molecule has 1 rings (SSSR count). The number of alkyl carbamates (subject to hydrolysis) is 1. The fraction of sp³-hybridized carbons (Fsp3) is 0.611. The van der Waals surface area contributed by atoms with Crippen LogP contribution in [0.25, 0.3) is 0 Å². The zero-order valence-corrected chi connectivity index (χ0v) is 16.2. The highest BCUT2D eigenvalue weighted by Gasteiger charge is 2.19. The summed E-state index contributed by atoms with van der Waals surface area (Å²) in [5.74, 6) is -0.990. The van der Waals surface area contributed by atoms with Crippen molar-refractivity contribution in [1.29, 1.82) is 0 Å². The van der Waals surface area contributed by atoms with Crippen LogP contribution in [0.5, 0.6) is 0 Å². The van der Waals surface area contributed by atoms with Crippen LogP contribution in [0.3, 0.4) is 0 Å². The summed E-state index contributed by atoms with van der Waals surface area (Å²) < 4.78 is 28.5. The lowest BCUT2D eigenvalue weighted by Crippen LogP contribution is -2.35. The first-order valence-corrected chi connectivity index (χ1v) is 8.67. The summed E-state index contributed by atoms with van der Waals surface area (Å²) in [6.45, 7) is 5.58. The first-order valence-electron chi connectivity index (χ1n) is 8.67. The second-order valence-electron chi connectivity index (χ2n) is 6.93. The molecule has 1 amide bonds. The first-order chi connectivity index (χ1) is 12.6. The van der Waals surface area contributed by atoms with Gasteiger partial charge in [0.15, 0.2) is 0 Å². The smallest absolute Gasteiger partial charge is 0.407 e. The van der Waals surface area contributed by atoms with Gasteiger partial charge in [0, 0.05) is 24.7 Å². The normalized spacial score (nSPS) is 13.6. The quantitative estimate of drug-likeness (QED) is 0.381. The number of hydrogen-bond donors (Lipinski definition) is 2. The average Bonchev–Trinajstić information content (AvgIpc) is 2.58. The van der Waals surface area contributed by atoms with Gasteiger partial charge in [-0.1, -0.05) is 0 Å². The van der Waals surface area contributed by atoms with Gasteiger partial charge in [-0.15, -0.1) is 0 Å². The second kappa shape index (κ2) is 10.8. The minimum Gasteiger partial charge on any atom is -0.469 e. The number of carbonyl (C=O) groups excluding carboxylic acids is 2. The van der Waals surface area contributed by atoms with Crippen molar-refractivity contribution < 1.29 is 28.2 Å². The van der Waals surface area contributed by atoms with Crippen molar-refractivity contribution in [2.75, 3.05) is 13.7 Å². The zero-order valence-electron chi connectivity index (χ0n) is 16.2. The van der Waals surface area contributed by atoms with E-state index < -0.39 is 30.0 Å². The van der Waals surface area contributed by atoms with Crippen LogP contribution in [0.4, 0.5) is 9.18 Å². The Morgan fingerprint density at radius 1 is 1.30 bits per heavy atom. The van der Waals surface area contributed by atoms with Crippen molar-refractivity contribution in [3.63, 3.8) is 0 Å². The molecule has 0 spiro atoms. The number of nitrogens with zero attached hydrogens (tertiary/aromatic N) is 1. The predicted octanol–water partition coefficient (Wildman–Crippen LogP) is 2.43. The molecular formula is C18H28FN3O5. The Labute approximate surface area is 158 Å². The van der Waals surface area contributed by atoms with Gasteiger partial charge >= 0.3 is 12.1 Å². The van der Waals surface area contributed by atoms with Gasteiger partial charge in [-0.2, -0.15) is 4.39 Å². The number of halogens is 1. The molecule has 1 aromatic rings. The summed E-state index contributed by atoms with van der Waals surface area (Å²) in [6.07, 6.45) is 0.365. The van der Waals surface area contributed by atoms with E-state index in [4.69, 9.17) is 15.2 Å². The van der Waals surface area contributed by atoms with Crippen molar-refractivity contribution in [3.05, 3.63) is 29.8 Å². The summed E-state index contributed by atoms with van der Waals surface area (Å²) in [6, 6.07) is 2.66. The summed E-state index contributed by atoms with van der Waals surface area (Å²) in [5, 5.41) is 2.63. The molecule has 0 radical (unpaired) electrons. The van der Waals surface area contributed by atoms with E-state index in [0.717, 1.165) is 0 Å². The highest BCUT2D eigenvalue weighted by molar-refractivity contribution is 5.69. The van der Waals surface area contributed by atoms with Crippen molar-refractivity contribution in [1.82, 2.24) is 10.3 Å². The molecular weight excluding hydrogens is 357 g/mol. The molecule has 0 aromatic carbocycles. The van der Waals surface area contributed by atoms with Gasteiger partial charge in [0.2, 0.25) is 5.95 Å². The van der Waals surface area contributed by atoms with Gasteiger partial charge in [-0.25, -0.2) is 9.78 Å². The minimum atomic E-state index is -0.845. The van der Waals surface area contributed by atoms with E-state index in [9.17, 15) is 14.0 Å². The van der Waals surface area contributed by atoms with E-state index in [1.807, 2.05) is 0 Å². The molecule has 0 fully saturated rings. The standard InChI is InChI=1S/C18H28FN3O5/c1-18(2,3)27-17(24)21-10-9-13(6-8-15(23)25-4)26-16(20)12-5-7-14(19)22-11-12/h5,7,11,13,16H,6,8-10,20H2,1-4H3,(H,21,24). The number of esters is 1. The number of nitrogens with two attached hydrogens (primary N) is 1. The number of amides is 1. The number of carbonyl (C=O) groups is 2. The third kappa shape index (κ3) is 9.86. The van der Waals surface area contributed by atoms with Crippen LogP contribution in [-0.4, -0.2) is 42.4 Å². The molecule has 0 bridgehead atoms.